The van der Waals surface area contributed by atoms with Crippen LogP contribution in [0.25, 0.3) is 0 Å². The summed E-state index contributed by atoms with van der Waals surface area (Å²) in [6, 6.07) is 0.712. The third kappa shape index (κ3) is 2.55. The molecule has 0 amide bonds. The van der Waals surface area contributed by atoms with Crippen molar-refractivity contribution in [3.63, 3.8) is 0 Å². The van der Waals surface area contributed by atoms with Gasteiger partial charge in [-0.25, -0.2) is 4.98 Å². The van der Waals surface area contributed by atoms with E-state index in [1.165, 1.54) is 25.7 Å². The number of thiazole rings is 1. The molecule has 0 unspecified atom stereocenters. The number of aryl methyl sites for hydroxylation is 1. The lowest BCUT2D eigenvalue weighted by Crippen LogP contribution is -2.26. The molecular weight excluding hydrogens is 220 g/mol. The number of hydrogen-bond acceptors (Lipinski definition) is 4. The third-order valence-corrected chi connectivity index (χ3v) is 4.19. The zero-order valence-corrected chi connectivity index (χ0v) is 10.9. The van der Waals surface area contributed by atoms with Crippen LogP contribution in [0.2, 0.25) is 0 Å². The van der Waals surface area contributed by atoms with Crippen LogP contribution in [0.1, 0.15) is 43.2 Å². The van der Waals surface area contributed by atoms with Gasteiger partial charge in [0.15, 0.2) is 5.13 Å². The second-order valence-electron chi connectivity index (χ2n) is 4.44. The van der Waals surface area contributed by atoms with Crippen molar-refractivity contribution in [2.24, 2.45) is 0 Å². The smallest absolute Gasteiger partial charge is 0.186 e. The second-order valence-corrected chi connectivity index (χ2v) is 5.50. The van der Waals surface area contributed by atoms with Crippen molar-refractivity contribution in [1.29, 1.82) is 0 Å². The molecule has 0 atom stereocenters. The predicted octanol–water partition coefficient (Wildman–Crippen LogP) is 2.71. The van der Waals surface area contributed by atoms with E-state index in [1.54, 1.807) is 11.3 Å². The highest BCUT2D eigenvalue weighted by Gasteiger charge is 2.30. The number of hydrogen-bond donors (Lipinski definition) is 1. The highest BCUT2D eigenvalue weighted by atomic mass is 32.1. The first-order valence-electron chi connectivity index (χ1n) is 6.10. The Hall–Kier alpha value is -0.610. The summed E-state index contributed by atoms with van der Waals surface area (Å²) in [6.45, 7) is 5.43. The minimum Gasteiger partial charge on any atom is -0.391 e. The van der Waals surface area contributed by atoms with Gasteiger partial charge in [-0.15, -0.1) is 0 Å². The zero-order valence-electron chi connectivity index (χ0n) is 10.1. The van der Waals surface area contributed by atoms with Crippen LogP contribution in [0.5, 0.6) is 0 Å². The van der Waals surface area contributed by atoms with Crippen molar-refractivity contribution in [3.8, 4) is 0 Å². The summed E-state index contributed by atoms with van der Waals surface area (Å²) in [5, 5.41) is 10.3. The van der Waals surface area contributed by atoms with Crippen LogP contribution in [0, 0.1) is 6.92 Å². The first kappa shape index (κ1) is 11.9. The summed E-state index contributed by atoms with van der Waals surface area (Å²) in [7, 11) is 0. The van der Waals surface area contributed by atoms with E-state index >= 15 is 0 Å². The highest BCUT2D eigenvalue weighted by molar-refractivity contribution is 7.15. The van der Waals surface area contributed by atoms with E-state index in [2.05, 4.69) is 16.8 Å². The lowest BCUT2D eigenvalue weighted by atomic mass is 10.3. The number of aliphatic hydroxyl groups excluding tert-OH is 1. The second kappa shape index (κ2) is 5.15. The summed E-state index contributed by atoms with van der Waals surface area (Å²) < 4.78 is 0. The molecule has 3 nitrogen and oxygen atoms in total. The Labute approximate surface area is 101 Å². The minimum atomic E-state index is 0.121. The van der Waals surface area contributed by atoms with E-state index in [9.17, 15) is 5.11 Å². The predicted molar refractivity (Wildman–Crippen MR) is 68.0 cm³/mol. The highest BCUT2D eigenvalue weighted by Crippen LogP contribution is 2.35. The standard InChI is InChI=1S/C12H20N2OS/c1-3-4-7-14(10-5-6-10)12-13-9(2)11(8-15)16-12/h10,15H,3-8H2,1-2H3. The molecule has 1 aromatic rings. The lowest BCUT2D eigenvalue weighted by molar-refractivity contribution is 0.284. The summed E-state index contributed by atoms with van der Waals surface area (Å²) in [5.41, 5.74) is 0.990. The Morgan fingerprint density at radius 2 is 2.25 bits per heavy atom. The van der Waals surface area contributed by atoms with Crippen molar-refractivity contribution >= 4 is 16.5 Å². The number of anilines is 1. The molecule has 0 aromatic carbocycles. The topological polar surface area (TPSA) is 36.4 Å². The van der Waals surface area contributed by atoms with Crippen LogP contribution >= 0.6 is 11.3 Å². The Morgan fingerprint density at radius 1 is 1.50 bits per heavy atom. The fourth-order valence-corrected chi connectivity index (χ4v) is 2.85. The molecule has 0 spiro atoms. The molecule has 1 heterocycles. The summed E-state index contributed by atoms with van der Waals surface area (Å²) >= 11 is 1.65. The molecule has 4 heteroatoms. The van der Waals surface area contributed by atoms with Gasteiger partial charge in [0, 0.05) is 12.6 Å². The lowest BCUT2D eigenvalue weighted by Gasteiger charge is -2.20. The Balaban J connectivity index is 2.11. The van der Waals surface area contributed by atoms with E-state index in [1.807, 2.05) is 6.92 Å². The number of aliphatic hydroxyl groups is 1. The first-order valence-corrected chi connectivity index (χ1v) is 6.91. The van der Waals surface area contributed by atoms with Crippen LogP contribution in [-0.4, -0.2) is 22.7 Å². The maximum atomic E-state index is 9.20. The molecule has 1 N–H and O–H groups in total. The molecule has 1 aliphatic carbocycles. The van der Waals surface area contributed by atoms with E-state index in [-0.39, 0.29) is 6.61 Å². The SMILES string of the molecule is CCCCN(c1nc(C)c(CO)s1)C1CC1. The fraction of sp³-hybridized carbons (Fsp3) is 0.750. The van der Waals surface area contributed by atoms with E-state index in [0.717, 1.165) is 22.2 Å². The summed E-state index contributed by atoms with van der Waals surface area (Å²) in [5.74, 6) is 0. The van der Waals surface area contributed by atoms with E-state index in [0.29, 0.717) is 6.04 Å². The van der Waals surface area contributed by atoms with Gasteiger partial charge in [-0.05, 0) is 26.2 Å². The van der Waals surface area contributed by atoms with Gasteiger partial charge in [0.1, 0.15) is 0 Å². The maximum Gasteiger partial charge on any atom is 0.186 e. The fourth-order valence-electron chi connectivity index (χ4n) is 1.83. The van der Waals surface area contributed by atoms with Crippen LogP contribution in [0.15, 0.2) is 0 Å². The average molecular weight is 240 g/mol. The maximum absolute atomic E-state index is 9.20. The molecule has 1 aliphatic rings. The number of nitrogens with zero attached hydrogens (tertiary/aromatic N) is 2. The van der Waals surface area contributed by atoms with Crippen LogP contribution in [-0.2, 0) is 6.61 Å². The quantitative estimate of drug-likeness (QED) is 0.830. The first-order chi connectivity index (χ1) is 7.76. The van der Waals surface area contributed by atoms with Gasteiger partial charge in [0.05, 0.1) is 17.2 Å². The van der Waals surface area contributed by atoms with Gasteiger partial charge in [0.25, 0.3) is 0 Å². The molecule has 0 aliphatic heterocycles. The van der Waals surface area contributed by atoms with Crippen molar-refractivity contribution in [2.75, 3.05) is 11.4 Å². The number of unbranched alkanes of at least 4 members (excludes halogenated alkanes) is 1. The molecule has 90 valence electrons. The van der Waals surface area contributed by atoms with Crippen LogP contribution in [0.4, 0.5) is 5.13 Å². The molecule has 1 fully saturated rings. The van der Waals surface area contributed by atoms with Crippen molar-refractivity contribution in [3.05, 3.63) is 10.6 Å². The monoisotopic (exact) mass is 240 g/mol. The van der Waals surface area contributed by atoms with E-state index in [4.69, 9.17) is 0 Å². The molecule has 1 saturated carbocycles. The van der Waals surface area contributed by atoms with Crippen molar-refractivity contribution < 1.29 is 5.11 Å². The molecule has 0 bridgehead atoms. The van der Waals surface area contributed by atoms with Gasteiger partial charge in [-0.1, -0.05) is 24.7 Å². The number of rotatable bonds is 6. The average Bonchev–Trinajstić information content (AvgIpc) is 3.03. The largest absolute Gasteiger partial charge is 0.391 e. The normalized spacial score (nSPS) is 15.4. The molecule has 0 saturated heterocycles. The van der Waals surface area contributed by atoms with Gasteiger partial charge in [-0.3, -0.25) is 0 Å². The third-order valence-electron chi connectivity index (χ3n) is 3.01. The van der Waals surface area contributed by atoms with Crippen molar-refractivity contribution in [2.45, 2.75) is 52.2 Å². The Bertz CT molecular complexity index is 347. The molecule has 0 radical (unpaired) electrons. The van der Waals surface area contributed by atoms with Gasteiger partial charge >= 0.3 is 0 Å². The molecule has 1 aromatic heterocycles. The van der Waals surface area contributed by atoms with Crippen LogP contribution < -0.4 is 4.90 Å². The van der Waals surface area contributed by atoms with Gasteiger partial charge in [0.2, 0.25) is 0 Å². The zero-order chi connectivity index (χ0) is 11.5. The molecular formula is C12H20N2OS. The van der Waals surface area contributed by atoms with Gasteiger partial charge < -0.3 is 10.0 Å². The minimum absolute atomic E-state index is 0.121. The summed E-state index contributed by atoms with van der Waals surface area (Å²) in [6.07, 6.45) is 5.05. The Morgan fingerprint density at radius 3 is 2.75 bits per heavy atom. The van der Waals surface area contributed by atoms with Crippen molar-refractivity contribution in [1.82, 2.24) is 4.98 Å². The van der Waals surface area contributed by atoms with Gasteiger partial charge in [-0.2, -0.15) is 0 Å². The van der Waals surface area contributed by atoms with Crippen LogP contribution in [0.3, 0.4) is 0 Å². The molecule has 2 rings (SSSR count). The number of aromatic nitrogens is 1. The molecule has 16 heavy (non-hydrogen) atoms. The Kier molecular flexibility index (Phi) is 3.82. The summed E-state index contributed by atoms with van der Waals surface area (Å²) in [4.78, 5) is 8.02. The van der Waals surface area contributed by atoms with E-state index < -0.39 is 0 Å².